The minimum absolute atomic E-state index is 0.152. The van der Waals surface area contributed by atoms with E-state index in [1.165, 1.54) is 28.7 Å². The molecule has 22 heavy (non-hydrogen) atoms. The second-order valence-electron chi connectivity index (χ2n) is 4.58. The summed E-state index contributed by atoms with van der Waals surface area (Å²) in [6.07, 6.45) is 0. The Balaban J connectivity index is 1.81. The lowest BCUT2D eigenvalue weighted by molar-refractivity contribution is 0.102. The second kappa shape index (κ2) is 6.16. The maximum Gasteiger partial charge on any atom is 0.275 e. The maximum absolute atomic E-state index is 13.7. The van der Waals surface area contributed by atoms with E-state index in [4.69, 9.17) is 11.6 Å². The molecule has 3 aromatic rings. The van der Waals surface area contributed by atoms with Gasteiger partial charge in [-0.05, 0) is 36.8 Å². The van der Waals surface area contributed by atoms with Crippen LogP contribution < -0.4 is 5.32 Å². The number of amides is 1. The predicted octanol–water partition coefficient (Wildman–Crippen LogP) is 5.22. The minimum atomic E-state index is -0.473. The van der Waals surface area contributed by atoms with Gasteiger partial charge in [0.2, 0.25) is 0 Å². The van der Waals surface area contributed by atoms with Gasteiger partial charge in [-0.1, -0.05) is 17.7 Å². The van der Waals surface area contributed by atoms with Gasteiger partial charge >= 0.3 is 0 Å². The highest BCUT2D eigenvalue weighted by Crippen LogP contribution is 2.33. The average molecular weight is 353 g/mol. The number of hydrogen-bond donors (Lipinski definition) is 1. The lowest BCUT2D eigenvalue weighted by Gasteiger charge is -2.05. The smallest absolute Gasteiger partial charge is 0.275 e. The zero-order chi connectivity index (χ0) is 15.7. The molecule has 0 aliphatic rings. The molecule has 0 unspecified atom stereocenters. The Labute approximate surface area is 139 Å². The summed E-state index contributed by atoms with van der Waals surface area (Å²) >= 11 is 8.64. The van der Waals surface area contributed by atoms with E-state index in [2.05, 4.69) is 10.3 Å². The first-order chi connectivity index (χ1) is 10.5. The molecule has 112 valence electrons. The summed E-state index contributed by atoms with van der Waals surface area (Å²) < 4.78 is 14.3. The molecular weight excluding hydrogens is 343 g/mol. The molecule has 0 saturated heterocycles. The molecule has 0 aliphatic heterocycles. The highest BCUT2D eigenvalue weighted by Gasteiger charge is 2.15. The molecule has 1 N–H and O–H groups in total. The largest absolute Gasteiger partial charge is 0.318 e. The molecule has 3 rings (SSSR count). The number of aromatic nitrogens is 1. The lowest BCUT2D eigenvalue weighted by Crippen LogP contribution is -2.13. The van der Waals surface area contributed by atoms with Gasteiger partial charge in [-0.2, -0.15) is 0 Å². The number of thiophene rings is 1. The van der Waals surface area contributed by atoms with Gasteiger partial charge in [0.15, 0.2) is 0 Å². The molecule has 0 fully saturated rings. The van der Waals surface area contributed by atoms with E-state index in [9.17, 15) is 9.18 Å². The average Bonchev–Trinajstić information content (AvgIpc) is 3.11. The number of rotatable bonds is 3. The lowest BCUT2D eigenvalue weighted by atomic mass is 10.2. The molecular formula is C15H10ClFN2OS2. The number of benzene rings is 1. The number of carbonyl (C=O) groups excluding carboxylic acids is 1. The number of thiazole rings is 1. The third-order valence-corrected chi connectivity index (χ3v) is 5.13. The van der Waals surface area contributed by atoms with Crippen molar-refractivity contribution in [3.05, 3.63) is 57.1 Å². The number of hydrogen-bond acceptors (Lipinski definition) is 4. The van der Waals surface area contributed by atoms with Crippen LogP contribution in [-0.2, 0) is 0 Å². The summed E-state index contributed by atoms with van der Waals surface area (Å²) in [6.45, 7) is 1.83. The number of carbonyl (C=O) groups is 1. The molecule has 1 aromatic carbocycles. The molecule has 0 bridgehead atoms. The molecule has 3 nitrogen and oxygen atoms in total. The van der Waals surface area contributed by atoms with Crippen LogP contribution in [0.3, 0.4) is 0 Å². The second-order valence-corrected chi connectivity index (χ2v) is 7.15. The van der Waals surface area contributed by atoms with Crippen LogP contribution >= 0.6 is 34.3 Å². The van der Waals surface area contributed by atoms with Crippen LogP contribution in [-0.4, -0.2) is 10.9 Å². The number of nitrogens with one attached hydrogen (secondary N) is 1. The first-order valence-corrected chi connectivity index (χ1v) is 8.39. The van der Waals surface area contributed by atoms with Crippen molar-refractivity contribution in [2.75, 3.05) is 5.32 Å². The van der Waals surface area contributed by atoms with Crippen LogP contribution in [0.4, 0.5) is 10.1 Å². The molecule has 0 aliphatic carbocycles. The van der Waals surface area contributed by atoms with Crippen LogP contribution in [0.15, 0.2) is 35.7 Å². The van der Waals surface area contributed by atoms with Gasteiger partial charge in [-0.25, -0.2) is 9.37 Å². The molecule has 2 heterocycles. The monoisotopic (exact) mass is 352 g/mol. The molecule has 0 spiro atoms. The zero-order valence-electron chi connectivity index (χ0n) is 11.4. The van der Waals surface area contributed by atoms with Gasteiger partial charge in [-0.15, -0.1) is 22.7 Å². The quantitative estimate of drug-likeness (QED) is 0.701. The fourth-order valence-electron chi connectivity index (χ4n) is 1.84. The fourth-order valence-corrected chi connectivity index (χ4v) is 3.76. The van der Waals surface area contributed by atoms with E-state index in [0.717, 1.165) is 10.4 Å². The van der Waals surface area contributed by atoms with Gasteiger partial charge in [0.25, 0.3) is 5.91 Å². The van der Waals surface area contributed by atoms with Gasteiger partial charge in [0.1, 0.15) is 16.5 Å². The van der Waals surface area contributed by atoms with Crippen molar-refractivity contribution < 1.29 is 9.18 Å². The van der Waals surface area contributed by atoms with Crippen molar-refractivity contribution in [2.24, 2.45) is 0 Å². The Hall–Kier alpha value is -1.76. The van der Waals surface area contributed by atoms with Crippen LogP contribution in [0.1, 0.15) is 16.1 Å². The summed E-state index contributed by atoms with van der Waals surface area (Å²) in [5.74, 6) is -0.908. The molecule has 0 radical (unpaired) electrons. The molecule has 1 amide bonds. The Morgan fingerprint density at radius 1 is 1.32 bits per heavy atom. The summed E-state index contributed by atoms with van der Waals surface area (Å²) in [5.41, 5.74) is 1.27. The van der Waals surface area contributed by atoms with Gasteiger partial charge in [0, 0.05) is 5.38 Å². The van der Waals surface area contributed by atoms with Crippen LogP contribution in [0.25, 0.3) is 9.88 Å². The molecule has 2 aromatic heterocycles. The summed E-state index contributed by atoms with van der Waals surface area (Å²) in [4.78, 5) is 17.3. The van der Waals surface area contributed by atoms with Crippen molar-refractivity contribution in [3.8, 4) is 9.88 Å². The standard InChI is InChI=1S/C15H10ClFN2OS2/c1-8-2-3-9(17)10(6-8)18-14(20)11-7-21-15(19-11)12-4-5-13(16)22-12/h2-7H,1H3,(H,18,20). The van der Waals surface area contributed by atoms with Crippen LogP contribution in [0.5, 0.6) is 0 Å². The highest BCUT2D eigenvalue weighted by atomic mass is 35.5. The van der Waals surface area contributed by atoms with Crippen molar-refractivity contribution in [3.63, 3.8) is 0 Å². The van der Waals surface area contributed by atoms with Crippen molar-refractivity contribution in [2.45, 2.75) is 6.92 Å². The third-order valence-electron chi connectivity index (χ3n) is 2.89. The zero-order valence-corrected chi connectivity index (χ0v) is 13.8. The first kappa shape index (κ1) is 15.1. The minimum Gasteiger partial charge on any atom is -0.318 e. The number of halogens is 2. The van der Waals surface area contributed by atoms with E-state index in [1.807, 2.05) is 13.0 Å². The number of anilines is 1. The van der Waals surface area contributed by atoms with Crippen LogP contribution in [0.2, 0.25) is 4.34 Å². The normalized spacial score (nSPS) is 10.7. The highest BCUT2D eigenvalue weighted by molar-refractivity contribution is 7.23. The third kappa shape index (κ3) is 3.19. The summed E-state index contributed by atoms with van der Waals surface area (Å²) in [5, 5.41) is 4.90. The van der Waals surface area contributed by atoms with Crippen molar-refractivity contribution in [1.82, 2.24) is 4.98 Å². The van der Waals surface area contributed by atoms with E-state index in [1.54, 1.807) is 23.6 Å². The maximum atomic E-state index is 13.7. The fraction of sp³-hybridized carbons (Fsp3) is 0.0667. The van der Waals surface area contributed by atoms with E-state index >= 15 is 0 Å². The predicted molar refractivity (Wildman–Crippen MR) is 89.5 cm³/mol. The van der Waals surface area contributed by atoms with E-state index in [0.29, 0.717) is 9.34 Å². The summed E-state index contributed by atoms with van der Waals surface area (Å²) in [7, 11) is 0. The first-order valence-electron chi connectivity index (χ1n) is 6.31. The number of nitrogens with zero attached hydrogens (tertiary/aromatic N) is 1. The summed E-state index contributed by atoms with van der Waals surface area (Å²) in [6, 6.07) is 8.19. The number of aryl methyl sites for hydroxylation is 1. The Morgan fingerprint density at radius 3 is 2.86 bits per heavy atom. The van der Waals surface area contributed by atoms with Crippen molar-refractivity contribution in [1.29, 1.82) is 0 Å². The van der Waals surface area contributed by atoms with Gasteiger partial charge < -0.3 is 5.32 Å². The molecule has 0 saturated carbocycles. The topological polar surface area (TPSA) is 42.0 Å². The Morgan fingerprint density at radius 2 is 2.14 bits per heavy atom. The van der Waals surface area contributed by atoms with Crippen LogP contribution in [0, 0.1) is 12.7 Å². The Kier molecular flexibility index (Phi) is 4.24. The molecule has 7 heteroatoms. The van der Waals surface area contributed by atoms with E-state index in [-0.39, 0.29) is 11.4 Å². The van der Waals surface area contributed by atoms with E-state index < -0.39 is 11.7 Å². The molecule has 0 atom stereocenters. The Bertz CT molecular complexity index is 844. The van der Waals surface area contributed by atoms with Crippen molar-refractivity contribution >= 4 is 45.9 Å². The van der Waals surface area contributed by atoms with Gasteiger partial charge in [-0.3, -0.25) is 4.79 Å². The van der Waals surface area contributed by atoms with Gasteiger partial charge in [0.05, 0.1) is 14.9 Å². The SMILES string of the molecule is Cc1ccc(F)c(NC(=O)c2csc(-c3ccc(Cl)s3)n2)c1.